The summed E-state index contributed by atoms with van der Waals surface area (Å²) >= 11 is 0. The summed E-state index contributed by atoms with van der Waals surface area (Å²) in [6, 6.07) is 7.10. The van der Waals surface area contributed by atoms with Gasteiger partial charge in [-0.2, -0.15) is 4.98 Å². The number of carbonyl (C=O) groups is 1. The van der Waals surface area contributed by atoms with Crippen LogP contribution >= 0.6 is 0 Å². The number of furan rings is 1. The van der Waals surface area contributed by atoms with Gasteiger partial charge in [-0.1, -0.05) is 6.92 Å². The third kappa shape index (κ3) is 5.24. The zero-order chi connectivity index (χ0) is 26.3. The van der Waals surface area contributed by atoms with Crippen molar-refractivity contribution in [2.75, 3.05) is 29.9 Å². The molecule has 3 aromatic rings. The molecule has 1 aliphatic carbocycles. The molecule has 1 saturated carbocycles. The van der Waals surface area contributed by atoms with Gasteiger partial charge in [-0.3, -0.25) is 9.10 Å². The molecule has 2 heterocycles. The molecule has 0 saturated heterocycles. The highest BCUT2D eigenvalue weighted by Crippen LogP contribution is 2.36. The molecule has 0 spiro atoms. The summed E-state index contributed by atoms with van der Waals surface area (Å²) in [4.78, 5) is 17.3. The predicted molar refractivity (Wildman–Crippen MR) is 136 cm³/mol. The molecule has 0 unspecified atom stereocenters. The Morgan fingerprint density at radius 2 is 1.86 bits per heavy atom. The first-order valence-corrected chi connectivity index (χ1v) is 15.2. The minimum Gasteiger partial charge on any atom is -0.437 e. The van der Waals surface area contributed by atoms with Crippen molar-refractivity contribution in [2.45, 2.75) is 37.9 Å². The van der Waals surface area contributed by atoms with E-state index in [4.69, 9.17) is 4.42 Å². The van der Waals surface area contributed by atoms with Gasteiger partial charge in [0.15, 0.2) is 9.84 Å². The summed E-state index contributed by atoms with van der Waals surface area (Å²) in [6.07, 6.45) is 2.86. The van der Waals surface area contributed by atoms with E-state index in [0.29, 0.717) is 35.8 Å². The zero-order valence-corrected chi connectivity index (χ0v) is 21.9. The summed E-state index contributed by atoms with van der Waals surface area (Å²) in [6.45, 7) is 1.76. The lowest BCUT2D eigenvalue weighted by Crippen LogP contribution is -2.33. The number of hydrogen-bond donors (Lipinski definition) is 1. The molecule has 0 bridgehead atoms. The van der Waals surface area contributed by atoms with Gasteiger partial charge in [0.05, 0.1) is 28.2 Å². The van der Waals surface area contributed by atoms with Crippen molar-refractivity contribution in [3.63, 3.8) is 0 Å². The van der Waals surface area contributed by atoms with Crippen LogP contribution in [0.5, 0.6) is 0 Å². The Hall–Kier alpha value is -2.99. The summed E-state index contributed by atoms with van der Waals surface area (Å²) in [7, 11) is -5.58. The lowest BCUT2D eigenvalue weighted by atomic mass is 10.0. The van der Waals surface area contributed by atoms with Crippen molar-refractivity contribution in [1.29, 1.82) is 0 Å². The van der Waals surface area contributed by atoms with Gasteiger partial charge in [0.25, 0.3) is 5.91 Å². The average molecular weight is 538 g/mol. The number of anilines is 1. The topological polar surface area (TPSA) is 127 Å². The minimum absolute atomic E-state index is 0.0411. The third-order valence-corrected chi connectivity index (χ3v) is 9.64. The molecule has 1 fully saturated rings. The molecule has 0 radical (unpaired) electrons. The highest BCUT2D eigenvalue weighted by molar-refractivity contribution is 7.92. The number of aryl methyl sites for hydroxylation is 1. The molecule has 9 nitrogen and oxygen atoms in total. The summed E-state index contributed by atoms with van der Waals surface area (Å²) < 4.78 is 70.5. The Morgan fingerprint density at radius 3 is 2.42 bits per heavy atom. The Labute approximate surface area is 209 Å². The van der Waals surface area contributed by atoms with Crippen LogP contribution in [0.4, 0.5) is 10.2 Å². The van der Waals surface area contributed by atoms with Crippen LogP contribution < -0.4 is 9.62 Å². The van der Waals surface area contributed by atoms with E-state index in [9.17, 15) is 26.0 Å². The van der Waals surface area contributed by atoms with Crippen molar-refractivity contribution >= 4 is 42.7 Å². The Kier molecular flexibility index (Phi) is 7.11. The van der Waals surface area contributed by atoms with E-state index < -0.39 is 31.6 Å². The fraction of sp³-hybridized carbons (Fsp3) is 0.417. The van der Waals surface area contributed by atoms with E-state index in [0.717, 1.165) is 10.6 Å². The average Bonchev–Trinajstić information content (AvgIpc) is 3.62. The SMILES string of the molecule is CCc1cc2c(C(=O)NC)c(-c3ccc(F)cc3)oc2nc1N(CCCS(=O)(=O)C1CC1)S(C)(=O)=O. The molecule has 194 valence electrons. The maximum atomic E-state index is 13.5. The smallest absolute Gasteiger partial charge is 0.255 e. The van der Waals surface area contributed by atoms with Gasteiger partial charge in [-0.15, -0.1) is 0 Å². The summed E-state index contributed by atoms with van der Waals surface area (Å²) in [5.74, 6) is -0.687. The first kappa shape index (κ1) is 26.1. The summed E-state index contributed by atoms with van der Waals surface area (Å²) in [5, 5.41) is 2.64. The van der Waals surface area contributed by atoms with Crippen molar-refractivity contribution in [1.82, 2.24) is 10.3 Å². The van der Waals surface area contributed by atoms with E-state index in [1.807, 2.05) is 6.92 Å². The molecule has 36 heavy (non-hydrogen) atoms. The lowest BCUT2D eigenvalue weighted by molar-refractivity contribution is 0.0964. The van der Waals surface area contributed by atoms with Crippen LogP contribution in [0.2, 0.25) is 0 Å². The van der Waals surface area contributed by atoms with Crippen LogP contribution in [-0.2, 0) is 26.3 Å². The van der Waals surface area contributed by atoms with E-state index in [1.54, 1.807) is 6.07 Å². The number of nitrogens with one attached hydrogen (secondary N) is 1. The number of carbonyl (C=O) groups excluding carboxylic acids is 1. The van der Waals surface area contributed by atoms with Crippen LogP contribution in [0.3, 0.4) is 0 Å². The van der Waals surface area contributed by atoms with Gasteiger partial charge >= 0.3 is 0 Å². The molecular weight excluding hydrogens is 509 g/mol. The zero-order valence-electron chi connectivity index (χ0n) is 20.2. The fourth-order valence-electron chi connectivity index (χ4n) is 4.12. The molecule has 1 N–H and O–H groups in total. The van der Waals surface area contributed by atoms with E-state index >= 15 is 0 Å². The number of aromatic nitrogens is 1. The van der Waals surface area contributed by atoms with Gasteiger partial charge in [0, 0.05) is 19.2 Å². The largest absolute Gasteiger partial charge is 0.437 e. The normalized spacial score (nSPS) is 14.2. The van der Waals surface area contributed by atoms with E-state index in [-0.39, 0.29) is 46.8 Å². The molecule has 1 aromatic carbocycles. The second-order valence-corrected chi connectivity index (χ2v) is 13.1. The number of hydrogen-bond acceptors (Lipinski definition) is 7. The predicted octanol–water partition coefficient (Wildman–Crippen LogP) is 3.29. The van der Waals surface area contributed by atoms with Crippen molar-refractivity contribution < 1.29 is 30.4 Å². The van der Waals surface area contributed by atoms with Crippen LogP contribution in [-0.4, -0.2) is 58.6 Å². The van der Waals surface area contributed by atoms with Crippen LogP contribution in [0.25, 0.3) is 22.4 Å². The Balaban J connectivity index is 1.81. The maximum absolute atomic E-state index is 13.5. The molecule has 2 aromatic heterocycles. The first-order valence-electron chi connectivity index (χ1n) is 11.6. The molecule has 0 atom stereocenters. The fourth-order valence-corrected chi connectivity index (χ4v) is 6.77. The number of sulfonamides is 1. The Morgan fingerprint density at radius 1 is 1.19 bits per heavy atom. The number of benzene rings is 1. The number of nitrogens with zero attached hydrogens (tertiary/aromatic N) is 2. The lowest BCUT2D eigenvalue weighted by Gasteiger charge is -2.23. The molecular formula is C24H28FN3O6S2. The second-order valence-electron chi connectivity index (χ2n) is 8.82. The maximum Gasteiger partial charge on any atom is 0.255 e. The minimum atomic E-state index is -3.81. The molecule has 1 amide bonds. The number of sulfone groups is 1. The molecule has 0 aliphatic heterocycles. The number of amides is 1. The van der Waals surface area contributed by atoms with E-state index in [1.165, 1.54) is 31.3 Å². The van der Waals surface area contributed by atoms with Crippen LogP contribution in [0.15, 0.2) is 34.7 Å². The van der Waals surface area contributed by atoms with E-state index in [2.05, 4.69) is 10.3 Å². The quantitative estimate of drug-likeness (QED) is 0.420. The monoisotopic (exact) mass is 537 g/mol. The molecule has 1 aliphatic rings. The summed E-state index contributed by atoms with van der Waals surface area (Å²) in [5.41, 5.74) is 1.25. The highest BCUT2D eigenvalue weighted by Gasteiger charge is 2.35. The molecule has 4 rings (SSSR count). The van der Waals surface area contributed by atoms with Gasteiger partial charge in [-0.25, -0.2) is 21.2 Å². The number of fused-ring (bicyclic) bond motifs is 1. The number of pyridine rings is 1. The third-order valence-electron chi connectivity index (χ3n) is 6.14. The van der Waals surface area contributed by atoms with Crippen LogP contribution in [0, 0.1) is 5.82 Å². The standard InChI is InChI=1S/C24H28FN3O6S2/c1-4-15-14-19-20(23(29)26-2)21(16-6-8-17(25)9-7-16)34-24(19)27-22(15)28(35(3,30)31)12-5-13-36(32,33)18-10-11-18/h6-9,14,18H,4-5,10-13H2,1-3H3,(H,26,29). The first-order chi connectivity index (χ1) is 17.0. The number of rotatable bonds is 10. The van der Waals surface area contributed by atoms with Gasteiger partial charge in [-0.05, 0) is 61.6 Å². The van der Waals surface area contributed by atoms with Gasteiger partial charge in [0.2, 0.25) is 15.7 Å². The van der Waals surface area contributed by atoms with Gasteiger partial charge < -0.3 is 9.73 Å². The van der Waals surface area contributed by atoms with Gasteiger partial charge in [0.1, 0.15) is 17.4 Å². The Bertz CT molecular complexity index is 1510. The van der Waals surface area contributed by atoms with Crippen LogP contribution in [0.1, 0.15) is 42.1 Å². The highest BCUT2D eigenvalue weighted by atomic mass is 32.2. The van der Waals surface area contributed by atoms with Crippen molar-refractivity contribution in [3.8, 4) is 11.3 Å². The second kappa shape index (κ2) is 9.81. The van der Waals surface area contributed by atoms with Crippen molar-refractivity contribution in [2.24, 2.45) is 0 Å². The number of halogens is 1. The molecule has 12 heteroatoms. The van der Waals surface area contributed by atoms with Crippen molar-refractivity contribution in [3.05, 3.63) is 47.3 Å².